The van der Waals surface area contributed by atoms with Crippen LogP contribution in [0.5, 0.6) is 0 Å². The van der Waals surface area contributed by atoms with E-state index in [9.17, 15) is 4.79 Å². The van der Waals surface area contributed by atoms with Crippen molar-refractivity contribution in [3.63, 3.8) is 0 Å². The fourth-order valence-electron chi connectivity index (χ4n) is 2.75. The molecule has 2 heterocycles. The van der Waals surface area contributed by atoms with Crippen molar-refractivity contribution >= 4 is 17.5 Å². The molecule has 1 aromatic heterocycles. The average molecular weight is 277 g/mol. The summed E-state index contributed by atoms with van der Waals surface area (Å²) in [7, 11) is 3.56. The number of amides is 1. The smallest absolute Gasteiger partial charge is 0.224 e. The van der Waals surface area contributed by atoms with E-state index in [0.717, 1.165) is 49.0 Å². The number of carbonyl (C=O) groups excluding carboxylic acids is 1. The van der Waals surface area contributed by atoms with Gasteiger partial charge in [0.05, 0.1) is 5.92 Å². The highest BCUT2D eigenvalue weighted by Gasteiger charge is 2.27. The van der Waals surface area contributed by atoms with Crippen LogP contribution in [0.3, 0.4) is 0 Å². The third kappa shape index (κ3) is 2.84. The lowest BCUT2D eigenvalue weighted by Gasteiger charge is -2.33. The lowest BCUT2D eigenvalue weighted by atomic mass is 9.97. The summed E-state index contributed by atoms with van der Waals surface area (Å²) < 4.78 is 0. The number of anilines is 2. The summed E-state index contributed by atoms with van der Waals surface area (Å²) in [4.78, 5) is 23.0. The zero-order chi connectivity index (χ0) is 14.7. The second-order valence-corrected chi connectivity index (χ2v) is 5.22. The van der Waals surface area contributed by atoms with Gasteiger partial charge in [0, 0.05) is 32.7 Å². The quantitative estimate of drug-likeness (QED) is 0.865. The molecule has 0 spiro atoms. The van der Waals surface area contributed by atoms with Gasteiger partial charge in [0.2, 0.25) is 5.91 Å². The minimum Gasteiger partial charge on any atom is -0.373 e. The Morgan fingerprint density at radius 2 is 2.05 bits per heavy atom. The van der Waals surface area contributed by atoms with E-state index in [1.54, 1.807) is 7.05 Å². The summed E-state index contributed by atoms with van der Waals surface area (Å²) >= 11 is 0. The zero-order valence-electron chi connectivity index (χ0n) is 12.7. The predicted octanol–water partition coefficient (Wildman–Crippen LogP) is 1.10. The number of nitrogens with one attached hydrogen (secondary N) is 2. The SMILES string of the molecule is CNC(=O)C1CCCN(c2nc(C)nc(NC)c2C)C1. The molecule has 1 unspecified atom stereocenters. The van der Waals surface area contributed by atoms with E-state index in [2.05, 4.69) is 25.5 Å². The van der Waals surface area contributed by atoms with E-state index >= 15 is 0 Å². The minimum atomic E-state index is 0.0430. The van der Waals surface area contributed by atoms with Crippen molar-refractivity contribution in [3.8, 4) is 0 Å². The summed E-state index contributed by atoms with van der Waals surface area (Å²) in [5, 5.41) is 5.85. The summed E-state index contributed by atoms with van der Waals surface area (Å²) in [6, 6.07) is 0. The molecular formula is C14H23N5O. The highest BCUT2D eigenvalue weighted by atomic mass is 16.1. The minimum absolute atomic E-state index is 0.0430. The number of aryl methyl sites for hydroxylation is 1. The van der Waals surface area contributed by atoms with Crippen LogP contribution in [0.2, 0.25) is 0 Å². The van der Waals surface area contributed by atoms with Crippen molar-refractivity contribution < 1.29 is 4.79 Å². The van der Waals surface area contributed by atoms with Crippen LogP contribution in [0.4, 0.5) is 11.6 Å². The highest BCUT2D eigenvalue weighted by Crippen LogP contribution is 2.27. The monoisotopic (exact) mass is 277 g/mol. The predicted molar refractivity (Wildman–Crippen MR) is 80.1 cm³/mol. The second-order valence-electron chi connectivity index (χ2n) is 5.22. The standard InChI is InChI=1S/C14H23N5O/c1-9-12(15-3)17-10(2)18-13(9)19-7-5-6-11(8-19)14(20)16-4/h11H,5-8H2,1-4H3,(H,16,20)(H,15,17,18). The third-order valence-electron chi connectivity index (χ3n) is 3.81. The third-order valence-corrected chi connectivity index (χ3v) is 3.81. The van der Waals surface area contributed by atoms with Crippen molar-refractivity contribution in [1.82, 2.24) is 15.3 Å². The van der Waals surface area contributed by atoms with Gasteiger partial charge in [-0.3, -0.25) is 4.79 Å². The number of hydrogen-bond donors (Lipinski definition) is 2. The van der Waals surface area contributed by atoms with Gasteiger partial charge in [-0.2, -0.15) is 0 Å². The summed E-state index contributed by atoms with van der Waals surface area (Å²) in [5.74, 6) is 2.70. The van der Waals surface area contributed by atoms with Crippen LogP contribution in [0.15, 0.2) is 0 Å². The van der Waals surface area contributed by atoms with E-state index < -0.39 is 0 Å². The first kappa shape index (κ1) is 14.6. The van der Waals surface area contributed by atoms with Gasteiger partial charge in [-0.25, -0.2) is 9.97 Å². The average Bonchev–Trinajstić information content (AvgIpc) is 2.48. The van der Waals surface area contributed by atoms with E-state index in [1.807, 2.05) is 20.9 Å². The Balaban J connectivity index is 2.27. The molecule has 0 saturated carbocycles. The van der Waals surface area contributed by atoms with Gasteiger partial charge in [0.15, 0.2) is 0 Å². The maximum Gasteiger partial charge on any atom is 0.224 e. The Hall–Kier alpha value is -1.85. The molecule has 1 fully saturated rings. The van der Waals surface area contributed by atoms with E-state index in [0.29, 0.717) is 0 Å². The van der Waals surface area contributed by atoms with Gasteiger partial charge in [0.1, 0.15) is 17.5 Å². The summed E-state index contributed by atoms with van der Waals surface area (Å²) in [6.45, 7) is 5.57. The number of aromatic nitrogens is 2. The second kappa shape index (κ2) is 6.07. The maximum atomic E-state index is 11.8. The largest absolute Gasteiger partial charge is 0.373 e. The molecule has 2 N–H and O–H groups in total. The van der Waals surface area contributed by atoms with Crippen LogP contribution in [-0.4, -0.2) is 43.1 Å². The Bertz CT molecular complexity index is 503. The Morgan fingerprint density at radius 1 is 1.30 bits per heavy atom. The molecule has 110 valence electrons. The molecule has 6 nitrogen and oxygen atoms in total. The molecule has 1 aliphatic rings. The van der Waals surface area contributed by atoms with Crippen molar-refractivity contribution in [3.05, 3.63) is 11.4 Å². The Morgan fingerprint density at radius 3 is 2.70 bits per heavy atom. The van der Waals surface area contributed by atoms with E-state index in [4.69, 9.17) is 0 Å². The lowest BCUT2D eigenvalue weighted by molar-refractivity contribution is -0.124. The highest BCUT2D eigenvalue weighted by molar-refractivity contribution is 5.79. The number of hydrogen-bond acceptors (Lipinski definition) is 5. The van der Waals surface area contributed by atoms with Gasteiger partial charge in [-0.1, -0.05) is 0 Å². The molecule has 6 heteroatoms. The molecule has 0 radical (unpaired) electrons. The molecule has 1 aliphatic heterocycles. The first-order valence-corrected chi connectivity index (χ1v) is 7.06. The van der Waals surface area contributed by atoms with Crippen LogP contribution in [0.1, 0.15) is 24.2 Å². The molecule has 20 heavy (non-hydrogen) atoms. The first-order valence-electron chi connectivity index (χ1n) is 7.06. The van der Waals surface area contributed by atoms with Crippen molar-refractivity contribution in [2.45, 2.75) is 26.7 Å². The number of carbonyl (C=O) groups is 1. The normalized spacial score (nSPS) is 18.8. The lowest BCUT2D eigenvalue weighted by Crippen LogP contribution is -2.42. The van der Waals surface area contributed by atoms with E-state index in [1.165, 1.54) is 0 Å². The van der Waals surface area contributed by atoms with Crippen LogP contribution in [0.25, 0.3) is 0 Å². The summed E-state index contributed by atoms with van der Waals surface area (Å²) in [5.41, 5.74) is 1.04. The number of piperidine rings is 1. The number of rotatable bonds is 3. The van der Waals surface area contributed by atoms with Crippen LogP contribution >= 0.6 is 0 Å². The van der Waals surface area contributed by atoms with Gasteiger partial charge in [0.25, 0.3) is 0 Å². The van der Waals surface area contributed by atoms with Crippen LogP contribution in [-0.2, 0) is 4.79 Å². The molecule has 1 atom stereocenters. The topological polar surface area (TPSA) is 70.2 Å². The zero-order valence-corrected chi connectivity index (χ0v) is 12.7. The van der Waals surface area contributed by atoms with Gasteiger partial charge >= 0.3 is 0 Å². The fourth-order valence-corrected chi connectivity index (χ4v) is 2.75. The van der Waals surface area contributed by atoms with Crippen molar-refractivity contribution in [1.29, 1.82) is 0 Å². The van der Waals surface area contributed by atoms with Gasteiger partial charge in [-0.05, 0) is 26.7 Å². The molecule has 0 aromatic carbocycles. The van der Waals surface area contributed by atoms with Crippen LogP contribution < -0.4 is 15.5 Å². The van der Waals surface area contributed by atoms with Crippen molar-refractivity contribution in [2.75, 3.05) is 37.4 Å². The molecule has 2 rings (SSSR count). The maximum absolute atomic E-state index is 11.8. The molecule has 1 saturated heterocycles. The first-order chi connectivity index (χ1) is 9.56. The molecule has 1 aromatic rings. The molecule has 0 aliphatic carbocycles. The van der Waals surface area contributed by atoms with Gasteiger partial charge < -0.3 is 15.5 Å². The van der Waals surface area contributed by atoms with Crippen molar-refractivity contribution in [2.24, 2.45) is 5.92 Å². The molecular weight excluding hydrogens is 254 g/mol. The Labute approximate surface area is 120 Å². The number of nitrogens with zero attached hydrogens (tertiary/aromatic N) is 3. The molecule has 0 bridgehead atoms. The Kier molecular flexibility index (Phi) is 4.42. The van der Waals surface area contributed by atoms with Gasteiger partial charge in [-0.15, -0.1) is 0 Å². The summed E-state index contributed by atoms with van der Waals surface area (Å²) in [6.07, 6.45) is 1.95. The van der Waals surface area contributed by atoms with E-state index in [-0.39, 0.29) is 11.8 Å². The molecule has 1 amide bonds. The fraction of sp³-hybridized carbons (Fsp3) is 0.643. The van der Waals surface area contributed by atoms with Crippen LogP contribution in [0, 0.1) is 19.8 Å².